The fourth-order valence-corrected chi connectivity index (χ4v) is 6.22. The number of rotatable bonds is 8. The van der Waals surface area contributed by atoms with Crippen molar-refractivity contribution in [1.29, 1.82) is 0 Å². The van der Waals surface area contributed by atoms with Crippen LogP contribution in [0.1, 0.15) is 58.4 Å². The maximum Gasteiger partial charge on any atom is 0.228 e. The Bertz CT molecular complexity index is 850. The Morgan fingerprint density at radius 3 is 2.42 bits per heavy atom. The highest BCUT2D eigenvalue weighted by molar-refractivity contribution is 6.74. The van der Waals surface area contributed by atoms with Crippen molar-refractivity contribution in [3.8, 4) is 0 Å². The Balaban J connectivity index is 2.03. The highest BCUT2D eigenvalue weighted by Gasteiger charge is 2.48. The fraction of sp³-hybridized carbons (Fsp3) is 0.692. The molecule has 2 aliphatic rings. The molecule has 4 atom stereocenters. The number of nitrogens with zero attached hydrogens (tertiary/aromatic N) is 2. The monoisotopic (exact) mass is 474 g/mol. The van der Waals surface area contributed by atoms with E-state index in [-0.39, 0.29) is 21.8 Å². The number of hydrogen-bond acceptors (Lipinski definition) is 5. The van der Waals surface area contributed by atoms with E-state index in [2.05, 4.69) is 45.7 Å². The van der Waals surface area contributed by atoms with Crippen LogP contribution >= 0.6 is 0 Å². The van der Waals surface area contributed by atoms with Crippen molar-refractivity contribution in [2.75, 3.05) is 26.9 Å². The van der Waals surface area contributed by atoms with E-state index in [0.29, 0.717) is 25.7 Å². The summed E-state index contributed by atoms with van der Waals surface area (Å²) in [5.41, 5.74) is 3.44. The van der Waals surface area contributed by atoms with Gasteiger partial charge < -0.3 is 14.1 Å². The smallest absolute Gasteiger partial charge is 0.228 e. The van der Waals surface area contributed by atoms with Crippen LogP contribution in [0.3, 0.4) is 0 Å². The molecule has 0 radical (unpaired) electrons. The van der Waals surface area contributed by atoms with Gasteiger partial charge in [0.25, 0.3) is 0 Å². The van der Waals surface area contributed by atoms with Crippen molar-refractivity contribution in [1.82, 2.24) is 4.90 Å². The normalized spacial score (nSPS) is 26.7. The third kappa shape index (κ3) is 5.52. The summed E-state index contributed by atoms with van der Waals surface area (Å²) in [6, 6.07) is 9.69. The zero-order valence-electron chi connectivity index (χ0n) is 21.5. The molecule has 0 aromatic heterocycles. The Morgan fingerprint density at radius 2 is 1.85 bits per heavy atom. The molecule has 33 heavy (non-hydrogen) atoms. The molecule has 0 N–H and O–H groups in total. The van der Waals surface area contributed by atoms with Crippen LogP contribution in [-0.2, 0) is 9.16 Å². The lowest BCUT2D eigenvalue weighted by Crippen LogP contribution is -2.48. The van der Waals surface area contributed by atoms with Crippen LogP contribution in [0, 0.1) is 16.0 Å². The zero-order valence-corrected chi connectivity index (χ0v) is 22.5. The van der Waals surface area contributed by atoms with E-state index in [1.807, 2.05) is 30.3 Å². The molecule has 0 amide bonds. The number of ether oxygens (including phenoxy) is 1. The van der Waals surface area contributed by atoms with Gasteiger partial charge in [0.15, 0.2) is 8.32 Å². The number of methoxy groups -OCH3 is 1. The quantitative estimate of drug-likeness (QED) is 0.269. The van der Waals surface area contributed by atoms with Gasteiger partial charge in [-0.15, -0.1) is 0 Å². The summed E-state index contributed by atoms with van der Waals surface area (Å²) in [6.07, 6.45) is 2.92. The van der Waals surface area contributed by atoms with Gasteiger partial charge in [-0.2, -0.15) is 0 Å². The number of likely N-dealkylation sites (tertiary alicyclic amines) is 1. The van der Waals surface area contributed by atoms with Crippen LogP contribution < -0.4 is 0 Å². The Kier molecular flexibility index (Phi) is 8.07. The molecule has 0 saturated carbocycles. The number of benzene rings is 1. The molecule has 184 valence electrons. The zero-order chi connectivity index (χ0) is 24.4. The highest BCUT2D eigenvalue weighted by Crippen LogP contribution is 2.45. The minimum atomic E-state index is -2.04. The molecule has 1 heterocycles. The number of hydrogen-bond donors (Lipinski definition) is 0. The first-order valence-electron chi connectivity index (χ1n) is 12.3. The van der Waals surface area contributed by atoms with Gasteiger partial charge in [-0.3, -0.25) is 10.1 Å². The van der Waals surface area contributed by atoms with Crippen LogP contribution in [0.5, 0.6) is 0 Å². The SMILES string of the molecule is COC[C@@H]1CCCN1C1=C(C)[C@H](CO[Si](C)(C)C(C)(C)C)[C@H]([N+](=O)[O-])[C@@H](c2ccccc2)C1. The third-order valence-electron chi connectivity index (χ3n) is 8.23. The van der Waals surface area contributed by atoms with Gasteiger partial charge in [-0.25, -0.2) is 0 Å². The van der Waals surface area contributed by atoms with Crippen molar-refractivity contribution < 1.29 is 14.1 Å². The molecule has 6 nitrogen and oxygen atoms in total. The highest BCUT2D eigenvalue weighted by atomic mass is 28.4. The van der Waals surface area contributed by atoms with Crippen molar-refractivity contribution in [3.05, 3.63) is 57.3 Å². The molecular weight excluding hydrogens is 432 g/mol. The molecule has 1 fully saturated rings. The first kappa shape index (κ1) is 25.9. The van der Waals surface area contributed by atoms with Crippen LogP contribution in [-0.4, -0.2) is 57.1 Å². The van der Waals surface area contributed by atoms with Crippen molar-refractivity contribution >= 4 is 8.32 Å². The average molecular weight is 475 g/mol. The fourth-order valence-electron chi connectivity index (χ4n) is 5.19. The summed E-state index contributed by atoms with van der Waals surface area (Å²) in [5.74, 6) is -0.413. The van der Waals surface area contributed by atoms with Crippen molar-refractivity contribution in [2.45, 2.75) is 83.1 Å². The molecule has 1 aromatic rings. The van der Waals surface area contributed by atoms with Gasteiger partial charge in [0, 0.05) is 37.3 Å². The molecule has 1 aliphatic heterocycles. The second kappa shape index (κ2) is 10.3. The minimum Gasteiger partial charge on any atom is -0.416 e. The predicted molar refractivity (Wildman–Crippen MR) is 136 cm³/mol. The third-order valence-corrected chi connectivity index (χ3v) is 12.7. The summed E-state index contributed by atoms with van der Waals surface area (Å²) in [7, 11) is -0.289. The minimum absolute atomic E-state index is 0.0474. The first-order chi connectivity index (χ1) is 15.5. The van der Waals surface area contributed by atoms with Crippen molar-refractivity contribution in [2.24, 2.45) is 5.92 Å². The van der Waals surface area contributed by atoms with E-state index >= 15 is 0 Å². The van der Waals surface area contributed by atoms with Crippen LogP contribution in [0.4, 0.5) is 0 Å². The standard InChI is InChI=1S/C26H42N2O4Si/c1-19-23(18-32-33(6,7)26(2,3)4)25(28(29)30)22(20-12-9-8-10-13-20)16-24(19)27-15-11-14-21(27)17-31-5/h8-10,12-13,21-23,25H,11,14-18H2,1-7H3/t21-,22+,23-,25+/m0/s1. The molecule has 0 spiro atoms. The van der Waals surface area contributed by atoms with E-state index < -0.39 is 14.4 Å². The van der Waals surface area contributed by atoms with Gasteiger partial charge in [-0.1, -0.05) is 51.1 Å². The maximum absolute atomic E-state index is 12.5. The lowest BCUT2D eigenvalue weighted by atomic mass is 9.72. The van der Waals surface area contributed by atoms with Gasteiger partial charge in [0.1, 0.15) is 0 Å². The van der Waals surface area contributed by atoms with Gasteiger partial charge in [0.2, 0.25) is 6.04 Å². The molecule has 1 aromatic carbocycles. The summed E-state index contributed by atoms with van der Waals surface area (Å²) in [5, 5.41) is 12.6. The van der Waals surface area contributed by atoms with E-state index in [1.54, 1.807) is 7.11 Å². The second-order valence-electron chi connectivity index (χ2n) is 11.2. The predicted octanol–water partition coefficient (Wildman–Crippen LogP) is 5.84. The Hall–Kier alpha value is -1.70. The summed E-state index contributed by atoms with van der Waals surface area (Å²) >= 11 is 0. The summed E-state index contributed by atoms with van der Waals surface area (Å²) < 4.78 is 12.1. The van der Waals surface area contributed by atoms with Crippen molar-refractivity contribution in [3.63, 3.8) is 0 Å². The van der Waals surface area contributed by atoms with E-state index in [4.69, 9.17) is 9.16 Å². The Morgan fingerprint density at radius 1 is 1.18 bits per heavy atom. The van der Waals surface area contributed by atoms with E-state index in [0.717, 1.165) is 30.5 Å². The maximum atomic E-state index is 12.5. The molecule has 0 bridgehead atoms. The molecule has 1 saturated heterocycles. The summed E-state index contributed by atoms with van der Waals surface area (Å²) in [4.78, 5) is 14.9. The average Bonchev–Trinajstić information content (AvgIpc) is 3.20. The summed E-state index contributed by atoms with van der Waals surface area (Å²) in [6.45, 7) is 15.3. The topological polar surface area (TPSA) is 64.8 Å². The van der Waals surface area contributed by atoms with Crippen LogP contribution in [0.2, 0.25) is 18.1 Å². The second-order valence-corrected chi connectivity index (χ2v) is 16.1. The first-order valence-corrected chi connectivity index (χ1v) is 15.2. The molecular formula is C26H42N2O4Si. The molecule has 3 rings (SSSR count). The van der Waals surface area contributed by atoms with E-state index in [9.17, 15) is 10.1 Å². The molecule has 1 aliphatic carbocycles. The lowest BCUT2D eigenvalue weighted by Gasteiger charge is -2.42. The number of allylic oxidation sites excluding steroid dienone is 1. The van der Waals surface area contributed by atoms with Gasteiger partial charge >= 0.3 is 0 Å². The lowest BCUT2D eigenvalue weighted by molar-refractivity contribution is -0.536. The Labute approximate surface area is 200 Å². The van der Waals surface area contributed by atoms with Gasteiger partial charge in [0.05, 0.1) is 24.5 Å². The largest absolute Gasteiger partial charge is 0.416 e. The molecule has 0 unspecified atom stereocenters. The van der Waals surface area contributed by atoms with E-state index in [1.165, 1.54) is 5.70 Å². The van der Waals surface area contributed by atoms with Crippen LogP contribution in [0.25, 0.3) is 0 Å². The molecule has 7 heteroatoms. The van der Waals surface area contributed by atoms with Crippen LogP contribution in [0.15, 0.2) is 41.6 Å². The number of nitro groups is 1. The van der Waals surface area contributed by atoms with Gasteiger partial charge in [-0.05, 0) is 49.0 Å².